The van der Waals surface area contributed by atoms with Gasteiger partial charge in [0.15, 0.2) is 0 Å². The SMILES string of the molecule is COCC(O)CNC(=O)C(N)CC(N)=O. The lowest BCUT2D eigenvalue weighted by Crippen LogP contribution is -2.45. The molecule has 0 fully saturated rings. The Bertz CT molecular complexity index is 222. The predicted molar refractivity (Wildman–Crippen MR) is 52.7 cm³/mol. The monoisotopic (exact) mass is 219 g/mol. The Morgan fingerprint density at radius 2 is 2.13 bits per heavy atom. The molecule has 7 nitrogen and oxygen atoms in total. The highest BCUT2D eigenvalue weighted by Crippen LogP contribution is 1.88. The highest BCUT2D eigenvalue weighted by molar-refractivity contribution is 5.87. The van der Waals surface area contributed by atoms with Crippen LogP contribution in [0.5, 0.6) is 0 Å². The van der Waals surface area contributed by atoms with Gasteiger partial charge in [-0.1, -0.05) is 0 Å². The van der Waals surface area contributed by atoms with Crippen molar-refractivity contribution in [3.05, 3.63) is 0 Å². The third-order valence-electron chi connectivity index (χ3n) is 1.63. The number of carbonyl (C=O) groups is 2. The molecule has 0 aliphatic carbocycles. The Labute approximate surface area is 87.8 Å². The van der Waals surface area contributed by atoms with Crippen molar-refractivity contribution in [3.8, 4) is 0 Å². The van der Waals surface area contributed by atoms with Gasteiger partial charge in [0.05, 0.1) is 25.2 Å². The summed E-state index contributed by atoms with van der Waals surface area (Å²) in [5.41, 5.74) is 10.2. The van der Waals surface area contributed by atoms with Crippen molar-refractivity contribution in [2.75, 3.05) is 20.3 Å². The molecule has 0 rings (SSSR count). The van der Waals surface area contributed by atoms with E-state index in [-0.39, 0.29) is 19.6 Å². The molecule has 2 unspecified atom stereocenters. The first-order chi connectivity index (χ1) is 6.97. The van der Waals surface area contributed by atoms with Crippen LogP contribution in [0.25, 0.3) is 0 Å². The summed E-state index contributed by atoms with van der Waals surface area (Å²) >= 11 is 0. The zero-order valence-electron chi connectivity index (χ0n) is 8.60. The minimum atomic E-state index is -0.975. The van der Waals surface area contributed by atoms with Crippen molar-refractivity contribution in [3.63, 3.8) is 0 Å². The maximum atomic E-state index is 11.2. The molecule has 0 aliphatic heterocycles. The summed E-state index contributed by atoms with van der Waals surface area (Å²) in [7, 11) is 1.43. The van der Waals surface area contributed by atoms with Crippen LogP contribution in [-0.2, 0) is 14.3 Å². The van der Waals surface area contributed by atoms with E-state index in [1.165, 1.54) is 7.11 Å². The van der Waals surface area contributed by atoms with Crippen LogP contribution in [0.4, 0.5) is 0 Å². The third-order valence-corrected chi connectivity index (χ3v) is 1.63. The van der Waals surface area contributed by atoms with Crippen LogP contribution in [0.3, 0.4) is 0 Å². The van der Waals surface area contributed by atoms with Gasteiger partial charge in [0.25, 0.3) is 0 Å². The van der Waals surface area contributed by atoms with Crippen molar-refractivity contribution >= 4 is 11.8 Å². The normalized spacial score (nSPS) is 14.3. The molecule has 0 saturated carbocycles. The smallest absolute Gasteiger partial charge is 0.237 e. The van der Waals surface area contributed by atoms with E-state index in [1.54, 1.807) is 0 Å². The standard InChI is InChI=1S/C8H17N3O4/c1-15-4-5(12)3-11-8(14)6(9)2-7(10)13/h5-6,12H,2-4,9H2,1H3,(H2,10,13)(H,11,14). The average molecular weight is 219 g/mol. The number of carbonyl (C=O) groups excluding carboxylic acids is 2. The van der Waals surface area contributed by atoms with Gasteiger partial charge >= 0.3 is 0 Å². The molecule has 6 N–H and O–H groups in total. The molecule has 0 radical (unpaired) electrons. The molecule has 0 aromatic heterocycles. The van der Waals surface area contributed by atoms with Crippen LogP contribution in [0.2, 0.25) is 0 Å². The summed E-state index contributed by atoms with van der Waals surface area (Å²) in [4.78, 5) is 21.6. The molecule has 0 bridgehead atoms. The zero-order chi connectivity index (χ0) is 11.8. The quantitative estimate of drug-likeness (QED) is 0.371. The minimum Gasteiger partial charge on any atom is -0.389 e. The van der Waals surface area contributed by atoms with Gasteiger partial charge in [-0.05, 0) is 0 Å². The molecular weight excluding hydrogens is 202 g/mol. The van der Waals surface area contributed by atoms with E-state index < -0.39 is 24.0 Å². The van der Waals surface area contributed by atoms with E-state index in [4.69, 9.17) is 11.5 Å². The van der Waals surface area contributed by atoms with Crippen LogP contribution in [0.1, 0.15) is 6.42 Å². The second-order valence-electron chi connectivity index (χ2n) is 3.13. The number of ether oxygens (including phenoxy) is 1. The summed E-state index contributed by atoms with van der Waals surface area (Å²) < 4.78 is 4.65. The van der Waals surface area contributed by atoms with Crippen LogP contribution in [0, 0.1) is 0 Å². The van der Waals surface area contributed by atoms with E-state index in [1.807, 2.05) is 0 Å². The first kappa shape index (κ1) is 13.8. The molecule has 7 heteroatoms. The molecule has 0 aromatic carbocycles. The van der Waals surface area contributed by atoms with Gasteiger partial charge in [0, 0.05) is 13.7 Å². The van der Waals surface area contributed by atoms with Crippen LogP contribution in [0.15, 0.2) is 0 Å². The number of aliphatic hydroxyl groups excluding tert-OH is 1. The van der Waals surface area contributed by atoms with Gasteiger partial charge in [-0.2, -0.15) is 0 Å². The fourth-order valence-electron chi connectivity index (χ4n) is 0.910. The Balaban J connectivity index is 3.77. The van der Waals surface area contributed by atoms with E-state index in [9.17, 15) is 14.7 Å². The van der Waals surface area contributed by atoms with E-state index in [0.717, 1.165) is 0 Å². The molecule has 0 saturated heterocycles. The van der Waals surface area contributed by atoms with Gasteiger partial charge in [0.1, 0.15) is 0 Å². The maximum Gasteiger partial charge on any atom is 0.237 e. The topological polar surface area (TPSA) is 128 Å². The fraction of sp³-hybridized carbons (Fsp3) is 0.750. The number of rotatable bonds is 7. The van der Waals surface area contributed by atoms with Crippen molar-refractivity contribution in [1.82, 2.24) is 5.32 Å². The Hall–Kier alpha value is -1.18. The summed E-state index contributed by atoms with van der Waals surface area (Å²) in [5.74, 6) is -1.17. The number of hydrogen-bond acceptors (Lipinski definition) is 5. The van der Waals surface area contributed by atoms with Gasteiger partial charge in [-0.3, -0.25) is 9.59 Å². The summed E-state index contributed by atoms with van der Waals surface area (Å²) in [5, 5.41) is 11.6. The predicted octanol–water partition coefficient (Wildman–Crippen LogP) is -2.69. The Morgan fingerprint density at radius 3 is 2.60 bits per heavy atom. The number of methoxy groups -OCH3 is 1. The van der Waals surface area contributed by atoms with Gasteiger partial charge in [0.2, 0.25) is 11.8 Å². The lowest BCUT2D eigenvalue weighted by Gasteiger charge is -2.13. The molecule has 2 amide bonds. The molecule has 15 heavy (non-hydrogen) atoms. The number of amides is 2. The second-order valence-corrected chi connectivity index (χ2v) is 3.13. The van der Waals surface area contributed by atoms with E-state index >= 15 is 0 Å². The first-order valence-corrected chi connectivity index (χ1v) is 4.46. The van der Waals surface area contributed by atoms with Crippen molar-refractivity contribution in [2.45, 2.75) is 18.6 Å². The summed E-state index contributed by atoms with van der Waals surface area (Å²) in [6.07, 6.45) is -1.01. The van der Waals surface area contributed by atoms with Crippen molar-refractivity contribution in [1.29, 1.82) is 0 Å². The number of hydrogen-bond donors (Lipinski definition) is 4. The summed E-state index contributed by atoms with van der Waals surface area (Å²) in [6, 6.07) is -0.975. The number of nitrogens with two attached hydrogens (primary N) is 2. The zero-order valence-corrected chi connectivity index (χ0v) is 8.60. The molecule has 0 spiro atoms. The van der Waals surface area contributed by atoms with Crippen LogP contribution in [-0.4, -0.2) is 49.3 Å². The molecule has 88 valence electrons. The molecular formula is C8H17N3O4. The highest BCUT2D eigenvalue weighted by Gasteiger charge is 2.16. The van der Waals surface area contributed by atoms with Gasteiger partial charge in [-0.25, -0.2) is 0 Å². The molecule has 0 aliphatic rings. The second kappa shape index (κ2) is 7.16. The molecule has 0 aromatic rings. The van der Waals surface area contributed by atoms with Crippen LogP contribution < -0.4 is 16.8 Å². The average Bonchev–Trinajstić information content (AvgIpc) is 2.13. The minimum absolute atomic E-state index is 0.0269. The lowest BCUT2D eigenvalue weighted by atomic mass is 10.2. The van der Waals surface area contributed by atoms with Crippen LogP contribution >= 0.6 is 0 Å². The number of nitrogens with one attached hydrogen (secondary N) is 1. The largest absolute Gasteiger partial charge is 0.389 e. The lowest BCUT2D eigenvalue weighted by molar-refractivity contribution is -0.126. The fourth-order valence-corrected chi connectivity index (χ4v) is 0.910. The van der Waals surface area contributed by atoms with Gasteiger partial charge < -0.3 is 26.6 Å². The number of aliphatic hydroxyl groups is 1. The maximum absolute atomic E-state index is 11.2. The number of primary amides is 1. The Morgan fingerprint density at radius 1 is 1.53 bits per heavy atom. The van der Waals surface area contributed by atoms with E-state index in [2.05, 4.69) is 10.1 Å². The first-order valence-electron chi connectivity index (χ1n) is 4.46. The Kier molecular flexibility index (Phi) is 6.59. The molecule has 2 atom stereocenters. The highest BCUT2D eigenvalue weighted by atomic mass is 16.5. The van der Waals surface area contributed by atoms with Crippen molar-refractivity contribution in [2.24, 2.45) is 11.5 Å². The molecule has 0 heterocycles. The third kappa shape index (κ3) is 6.83. The summed E-state index contributed by atoms with van der Waals surface area (Å²) in [6.45, 7) is 0.143. The van der Waals surface area contributed by atoms with Crippen molar-refractivity contribution < 1.29 is 19.4 Å². The van der Waals surface area contributed by atoms with Gasteiger partial charge in [-0.15, -0.1) is 0 Å². The van der Waals surface area contributed by atoms with E-state index in [0.29, 0.717) is 0 Å².